The fourth-order valence-corrected chi connectivity index (χ4v) is 5.17. The average molecular weight is 417 g/mol. The maximum Gasteiger partial charge on any atom is 0.0406 e. The molecule has 30 heavy (non-hydrogen) atoms. The molecule has 0 heterocycles. The first-order chi connectivity index (χ1) is 14.7. The van der Waals surface area contributed by atoms with E-state index in [0.717, 1.165) is 29.7 Å². The smallest absolute Gasteiger partial charge is 0.0406 e. The number of rotatable bonds is 7. The fourth-order valence-electron chi connectivity index (χ4n) is 5.05. The van der Waals surface area contributed by atoms with E-state index in [-0.39, 0.29) is 0 Å². The van der Waals surface area contributed by atoms with E-state index in [4.69, 9.17) is 11.6 Å². The monoisotopic (exact) mass is 416 g/mol. The van der Waals surface area contributed by atoms with Gasteiger partial charge in [0.25, 0.3) is 0 Å². The van der Waals surface area contributed by atoms with Crippen LogP contribution < -0.4 is 0 Å². The van der Waals surface area contributed by atoms with E-state index in [2.05, 4.69) is 73.7 Å². The lowest BCUT2D eigenvalue weighted by atomic mass is 9.75. The van der Waals surface area contributed by atoms with Crippen molar-refractivity contribution >= 4 is 11.6 Å². The lowest BCUT2D eigenvalue weighted by molar-refractivity contribution is 0.297. The van der Waals surface area contributed by atoms with Crippen LogP contribution >= 0.6 is 11.6 Å². The minimum atomic E-state index is 0.674. The topological polar surface area (TPSA) is 0 Å². The Morgan fingerprint density at radius 2 is 1.30 bits per heavy atom. The predicted octanol–water partition coefficient (Wildman–Crippen LogP) is 8.59. The molecule has 0 aliphatic heterocycles. The molecule has 0 saturated heterocycles. The van der Waals surface area contributed by atoms with Crippen molar-refractivity contribution in [1.82, 2.24) is 0 Å². The van der Waals surface area contributed by atoms with Gasteiger partial charge in [0.05, 0.1) is 0 Å². The van der Waals surface area contributed by atoms with Gasteiger partial charge in [-0.2, -0.15) is 0 Å². The van der Waals surface area contributed by atoms with Crippen molar-refractivity contribution in [3.05, 3.63) is 106 Å². The Morgan fingerprint density at radius 1 is 0.733 bits per heavy atom. The molecule has 0 bridgehead atoms. The van der Waals surface area contributed by atoms with Crippen LogP contribution in [0, 0.1) is 5.92 Å². The largest absolute Gasteiger partial charge is 0.0843 e. The van der Waals surface area contributed by atoms with E-state index in [1.807, 2.05) is 12.1 Å². The zero-order valence-electron chi connectivity index (χ0n) is 18.1. The Kier molecular flexibility index (Phi) is 7.28. The molecule has 156 valence electrons. The van der Waals surface area contributed by atoms with E-state index in [1.165, 1.54) is 48.8 Å². The minimum absolute atomic E-state index is 0.674. The second-order valence-electron chi connectivity index (χ2n) is 9.13. The normalized spacial score (nSPS) is 20.1. The first-order valence-corrected chi connectivity index (χ1v) is 11.9. The van der Waals surface area contributed by atoms with Gasteiger partial charge in [0.1, 0.15) is 0 Å². The van der Waals surface area contributed by atoms with Gasteiger partial charge >= 0.3 is 0 Å². The quantitative estimate of drug-likeness (QED) is 0.361. The zero-order valence-corrected chi connectivity index (χ0v) is 18.8. The summed E-state index contributed by atoms with van der Waals surface area (Å²) in [5.41, 5.74) is 5.82. The van der Waals surface area contributed by atoms with Crippen molar-refractivity contribution in [1.29, 1.82) is 0 Å². The van der Waals surface area contributed by atoms with Crippen LogP contribution in [0.1, 0.15) is 73.1 Å². The molecule has 0 radical (unpaired) electrons. The van der Waals surface area contributed by atoms with Crippen molar-refractivity contribution in [2.24, 2.45) is 5.92 Å². The van der Waals surface area contributed by atoms with Crippen LogP contribution in [0.15, 0.2) is 78.9 Å². The Morgan fingerprint density at radius 3 is 1.90 bits per heavy atom. The molecule has 0 aromatic heterocycles. The van der Waals surface area contributed by atoms with Gasteiger partial charge in [0, 0.05) is 5.02 Å². The van der Waals surface area contributed by atoms with Crippen molar-refractivity contribution in [2.75, 3.05) is 0 Å². The molecule has 1 saturated carbocycles. The summed E-state index contributed by atoms with van der Waals surface area (Å²) in [6.07, 6.45) is 8.93. The summed E-state index contributed by atoms with van der Waals surface area (Å²) in [4.78, 5) is 0. The molecule has 1 aliphatic carbocycles. The van der Waals surface area contributed by atoms with Crippen LogP contribution in [-0.4, -0.2) is 0 Å². The molecule has 0 N–H and O–H groups in total. The maximum atomic E-state index is 5.98. The van der Waals surface area contributed by atoms with Gasteiger partial charge in [0.2, 0.25) is 0 Å². The van der Waals surface area contributed by atoms with Crippen LogP contribution in [0.2, 0.25) is 5.02 Å². The molecule has 1 atom stereocenters. The molecule has 0 nitrogen and oxygen atoms in total. The minimum Gasteiger partial charge on any atom is -0.0843 e. The molecular weight excluding hydrogens is 384 g/mol. The zero-order chi connectivity index (χ0) is 20.8. The molecule has 0 unspecified atom stereocenters. The maximum absolute atomic E-state index is 5.98. The van der Waals surface area contributed by atoms with Gasteiger partial charge in [-0.1, -0.05) is 85.3 Å². The molecule has 3 aromatic carbocycles. The number of hydrogen-bond donors (Lipinski definition) is 0. The first kappa shape index (κ1) is 21.2. The van der Waals surface area contributed by atoms with E-state index in [0.29, 0.717) is 5.92 Å². The van der Waals surface area contributed by atoms with Gasteiger partial charge in [-0.3, -0.25) is 0 Å². The third-order valence-electron chi connectivity index (χ3n) is 6.97. The summed E-state index contributed by atoms with van der Waals surface area (Å²) < 4.78 is 0. The SMILES string of the molecule is C[C@H](CC1CCC(c2ccc(CCc3ccc(Cl)cc3)cc2)CC1)c1ccccc1. The Labute approximate surface area is 187 Å². The van der Waals surface area contributed by atoms with Gasteiger partial charge in [-0.15, -0.1) is 0 Å². The van der Waals surface area contributed by atoms with E-state index < -0.39 is 0 Å². The predicted molar refractivity (Wildman–Crippen MR) is 129 cm³/mol. The van der Waals surface area contributed by atoms with Gasteiger partial charge in [0.15, 0.2) is 0 Å². The van der Waals surface area contributed by atoms with Crippen molar-refractivity contribution in [2.45, 2.75) is 63.7 Å². The highest BCUT2D eigenvalue weighted by atomic mass is 35.5. The number of halogens is 1. The van der Waals surface area contributed by atoms with Crippen LogP contribution in [-0.2, 0) is 12.8 Å². The summed E-state index contributed by atoms with van der Waals surface area (Å²) in [6.45, 7) is 2.39. The molecule has 1 aliphatic rings. The molecule has 0 amide bonds. The van der Waals surface area contributed by atoms with Crippen molar-refractivity contribution in [3.63, 3.8) is 0 Å². The molecular formula is C29H33Cl. The summed E-state index contributed by atoms with van der Waals surface area (Å²) in [5, 5.41) is 0.812. The average Bonchev–Trinajstić information content (AvgIpc) is 2.80. The molecule has 1 fully saturated rings. The second-order valence-corrected chi connectivity index (χ2v) is 9.57. The Bertz CT molecular complexity index is 887. The molecule has 3 aromatic rings. The third kappa shape index (κ3) is 5.76. The van der Waals surface area contributed by atoms with Crippen LogP contribution in [0.5, 0.6) is 0 Å². The number of hydrogen-bond acceptors (Lipinski definition) is 0. The van der Waals surface area contributed by atoms with E-state index in [1.54, 1.807) is 5.56 Å². The highest BCUT2D eigenvalue weighted by Crippen LogP contribution is 2.39. The van der Waals surface area contributed by atoms with Gasteiger partial charge < -0.3 is 0 Å². The lowest BCUT2D eigenvalue weighted by Gasteiger charge is -2.30. The number of aryl methyl sites for hydroxylation is 2. The van der Waals surface area contributed by atoms with E-state index >= 15 is 0 Å². The Hall–Kier alpha value is -2.05. The van der Waals surface area contributed by atoms with Gasteiger partial charge in [-0.25, -0.2) is 0 Å². The second kappa shape index (κ2) is 10.3. The van der Waals surface area contributed by atoms with Gasteiger partial charge in [-0.05, 0) is 97.1 Å². The molecule has 1 heteroatoms. The van der Waals surface area contributed by atoms with Crippen molar-refractivity contribution < 1.29 is 0 Å². The van der Waals surface area contributed by atoms with Crippen LogP contribution in [0.25, 0.3) is 0 Å². The fraction of sp³-hybridized carbons (Fsp3) is 0.379. The standard InChI is InChI=1S/C29H33Cl/c1-22(26-5-3-2-4-6-26)21-25-11-17-28(18-12-25)27-15-9-23(10-16-27)7-8-24-13-19-29(30)20-14-24/h2-6,9-10,13-16,19-20,22,25,28H,7-8,11-12,17-18,21H2,1H3/t22-,25?,28?/m1/s1. The van der Waals surface area contributed by atoms with E-state index in [9.17, 15) is 0 Å². The summed E-state index contributed by atoms with van der Waals surface area (Å²) >= 11 is 5.98. The summed E-state index contributed by atoms with van der Waals surface area (Å²) in [5.74, 6) is 2.31. The van der Waals surface area contributed by atoms with Crippen molar-refractivity contribution in [3.8, 4) is 0 Å². The molecule has 0 spiro atoms. The number of benzene rings is 3. The first-order valence-electron chi connectivity index (χ1n) is 11.6. The lowest BCUT2D eigenvalue weighted by Crippen LogP contribution is -2.15. The summed E-state index contributed by atoms with van der Waals surface area (Å²) in [7, 11) is 0. The highest BCUT2D eigenvalue weighted by molar-refractivity contribution is 6.30. The third-order valence-corrected chi connectivity index (χ3v) is 7.22. The van der Waals surface area contributed by atoms with Crippen LogP contribution in [0.3, 0.4) is 0 Å². The summed E-state index contributed by atoms with van der Waals surface area (Å²) in [6, 6.07) is 28.7. The Balaban J connectivity index is 1.25. The highest BCUT2D eigenvalue weighted by Gasteiger charge is 2.24. The van der Waals surface area contributed by atoms with Crippen LogP contribution in [0.4, 0.5) is 0 Å². The molecule has 4 rings (SSSR count).